The first kappa shape index (κ1) is 23.4. The molecular formula is C25H31N5O2S2. The lowest BCUT2D eigenvalue weighted by Crippen LogP contribution is -2.36. The third-order valence-electron chi connectivity index (χ3n) is 6.68. The van der Waals surface area contributed by atoms with Crippen LogP contribution in [-0.4, -0.2) is 52.7 Å². The van der Waals surface area contributed by atoms with Crippen molar-refractivity contribution in [1.82, 2.24) is 14.8 Å². The zero-order valence-corrected chi connectivity index (χ0v) is 21.4. The number of hydrogen-bond donors (Lipinski definition) is 1. The van der Waals surface area contributed by atoms with Crippen LogP contribution in [0.5, 0.6) is 0 Å². The first-order valence-corrected chi connectivity index (χ1v) is 13.8. The molecule has 5 rings (SSSR count). The molecule has 1 aliphatic carbocycles. The van der Waals surface area contributed by atoms with Crippen LogP contribution in [0, 0.1) is 5.92 Å². The number of benzene rings is 1. The SMILES string of the molecule is CCC1CCc2sc(-c3nnc(SCC(=O)Nc4ccc(N5CCOCC5)cc4)n3C)cc2C1. The number of amides is 1. The van der Waals surface area contributed by atoms with Gasteiger partial charge < -0.3 is 19.5 Å². The van der Waals surface area contributed by atoms with E-state index in [0.29, 0.717) is 0 Å². The molecule has 1 N–H and O–H groups in total. The van der Waals surface area contributed by atoms with Gasteiger partial charge in [0.25, 0.3) is 0 Å². The average molecular weight is 498 g/mol. The normalized spacial score (nSPS) is 18.1. The van der Waals surface area contributed by atoms with Crippen molar-refractivity contribution >= 4 is 40.4 Å². The molecule has 3 aromatic rings. The zero-order chi connectivity index (χ0) is 23.5. The second-order valence-electron chi connectivity index (χ2n) is 8.92. The van der Waals surface area contributed by atoms with Gasteiger partial charge in [0.15, 0.2) is 11.0 Å². The van der Waals surface area contributed by atoms with Gasteiger partial charge in [-0.15, -0.1) is 21.5 Å². The Morgan fingerprint density at radius 2 is 2.03 bits per heavy atom. The first-order chi connectivity index (χ1) is 16.6. The number of thiophene rings is 1. The fraction of sp³-hybridized carbons (Fsp3) is 0.480. The number of anilines is 2. The quantitative estimate of drug-likeness (QED) is 0.480. The minimum atomic E-state index is -0.0501. The van der Waals surface area contributed by atoms with Gasteiger partial charge in [-0.05, 0) is 61.1 Å². The second kappa shape index (κ2) is 10.5. The summed E-state index contributed by atoms with van der Waals surface area (Å²) in [4.78, 5) is 17.5. The van der Waals surface area contributed by atoms with Crippen molar-refractivity contribution in [2.45, 2.75) is 37.8 Å². The van der Waals surface area contributed by atoms with Crippen LogP contribution in [0.2, 0.25) is 0 Å². The first-order valence-electron chi connectivity index (χ1n) is 12.0. The zero-order valence-electron chi connectivity index (χ0n) is 19.7. The summed E-state index contributed by atoms with van der Waals surface area (Å²) in [6.07, 6.45) is 4.88. The van der Waals surface area contributed by atoms with Gasteiger partial charge in [0.05, 0.1) is 23.8 Å². The Morgan fingerprint density at radius 1 is 1.24 bits per heavy atom. The van der Waals surface area contributed by atoms with E-state index in [0.717, 1.165) is 54.6 Å². The fourth-order valence-corrected chi connectivity index (χ4v) is 6.56. The van der Waals surface area contributed by atoms with E-state index >= 15 is 0 Å². The van der Waals surface area contributed by atoms with E-state index in [1.165, 1.54) is 52.8 Å². The highest BCUT2D eigenvalue weighted by molar-refractivity contribution is 7.99. The highest BCUT2D eigenvalue weighted by Gasteiger charge is 2.22. The molecule has 1 fully saturated rings. The minimum absolute atomic E-state index is 0.0501. The van der Waals surface area contributed by atoms with Crippen LogP contribution < -0.4 is 10.2 Å². The van der Waals surface area contributed by atoms with Crippen LogP contribution in [0.4, 0.5) is 11.4 Å². The number of aryl methyl sites for hydroxylation is 1. The molecule has 180 valence electrons. The molecule has 0 radical (unpaired) electrons. The molecular weight excluding hydrogens is 466 g/mol. The van der Waals surface area contributed by atoms with Crippen molar-refractivity contribution in [1.29, 1.82) is 0 Å². The third-order valence-corrected chi connectivity index (χ3v) is 8.93. The largest absolute Gasteiger partial charge is 0.378 e. The Balaban J connectivity index is 1.17. The van der Waals surface area contributed by atoms with Gasteiger partial charge in [-0.3, -0.25) is 4.79 Å². The lowest BCUT2D eigenvalue weighted by molar-refractivity contribution is -0.113. The molecule has 1 atom stereocenters. The smallest absolute Gasteiger partial charge is 0.234 e. The number of morpholine rings is 1. The highest BCUT2D eigenvalue weighted by atomic mass is 32.2. The molecule has 0 bridgehead atoms. The number of thioether (sulfide) groups is 1. The molecule has 1 aromatic carbocycles. The second-order valence-corrected chi connectivity index (χ2v) is 11.0. The summed E-state index contributed by atoms with van der Waals surface area (Å²) in [5, 5.41) is 12.5. The van der Waals surface area contributed by atoms with Crippen LogP contribution >= 0.6 is 23.1 Å². The maximum absolute atomic E-state index is 12.5. The number of hydrogen-bond acceptors (Lipinski definition) is 7. The number of rotatable bonds is 7. The van der Waals surface area contributed by atoms with Crippen molar-refractivity contribution in [2.24, 2.45) is 13.0 Å². The van der Waals surface area contributed by atoms with Crippen LogP contribution in [0.3, 0.4) is 0 Å². The van der Waals surface area contributed by atoms with E-state index in [2.05, 4.69) is 33.4 Å². The Kier molecular flexibility index (Phi) is 7.22. The van der Waals surface area contributed by atoms with Gasteiger partial charge in [-0.1, -0.05) is 25.1 Å². The average Bonchev–Trinajstić information content (AvgIpc) is 3.46. The number of fused-ring (bicyclic) bond motifs is 1. The van der Waals surface area contributed by atoms with Crippen LogP contribution in [0.15, 0.2) is 35.5 Å². The number of nitrogens with zero attached hydrogens (tertiary/aromatic N) is 4. The number of carbonyl (C=O) groups is 1. The summed E-state index contributed by atoms with van der Waals surface area (Å²) in [5.41, 5.74) is 3.44. The predicted octanol–water partition coefficient (Wildman–Crippen LogP) is 4.63. The van der Waals surface area contributed by atoms with E-state index in [1.807, 2.05) is 47.2 Å². The maximum Gasteiger partial charge on any atom is 0.234 e. The predicted molar refractivity (Wildman–Crippen MR) is 139 cm³/mol. The molecule has 1 unspecified atom stereocenters. The molecule has 3 heterocycles. The Hall–Kier alpha value is -2.36. The van der Waals surface area contributed by atoms with Crippen molar-refractivity contribution in [2.75, 3.05) is 42.3 Å². The van der Waals surface area contributed by atoms with Crippen LogP contribution in [0.1, 0.15) is 30.2 Å². The summed E-state index contributed by atoms with van der Waals surface area (Å²) in [6.45, 7) is 5.60. The van der Waals surface area contributed by atoms with E-state index in [9.17, 15) is 4.79 Å². The van der Waals surface area contributed by atoms with Crippen molar-refractivity contribution in [3.63, 3.8) is 0 Å². The molecule has 0 saturated carbocycles. The van der Waals surface area contributed by atoms with Gasteiger partial charge in [-0.2, -0.15) is 0 Å². The number of carbonyl (C=O) groups excluding carboxylic acids is 1. The Labute approximate surface area is 208 Å². The van der Waals surface area contributed by atoms with Gasteiger partial charge in [-0.25, -0.2) is 0 Å². The number of nitrogens with one attached hydrogen (secondary N) is 1. The monoisotopic (exact) mass is 497 g/mol. The van der Waals surface area contributed by atoms with E-state index < -0.39 is 0 Å². The summed E-state index contributed by atoms with van der Waals surface area (Å²) in [6, 6.07) is 10.3. The van der Waals surface area contributed by atoms with E-state index in [-0.39, 0.29) is 11.7 Å². The van der Waals surface area contributed by atoms with E-state index in [4.69, 9.17) is 4.74 Å². The topological polar surface area (TPSA) is 72.3 Å². The van der Waals surface area contributed by atoms with Crippen LogP contribution in [-0.2, 0) is 29.4 Å². The summed E-state index contributed by atoms with van der Waals surface area (Å²) >= 11 is 3.26. The summed E-state index contributed by atoms with van der Waals surface area (Å²) in [5.74, 6) is 1.92. The fourth-order valence-electron chi connectivity index (χ4n) is 4.62. The molecule has 1 saturated heterocycles. The lowest BCUT2D eigenvalue weighted by atomic mass is 9.87. The van der Waals surface area contributed by atoms with Gasteiger partial charge >= 0.3 is 0 Å². The summed E-state index contributed by atoms with van der Waals surface area (Å²) in [7, 11) is 1.98. The van der Waals surface area contributed by atoms with Gasteiger partial charge in [0.2, 0.25) is 5.91 Å². The van der Waals surface area contributed by atoms with Crippen LogP contribution in [0.25, 0.3) is 10.7 Å². The molecule has 7 nitrogen and oxygen atoms in total. The van der Waals surface area contributed by atoms with Crippen molar-refractivity contribution < 1.29 is 9.53 Å². The summed E-state index contributed by atoms with van der Waals surface area (Å²) < 4.78 is 7.41. The van der Waals surface area contributed by atoms with Crippen molar-refractivity contribution in [3.05, 3.63) is 40.8 Å². The molecule has 0 spiro atoms. The maximum atomic E-state index is 12.5. The lowest BCUT2D eigenvalue weighted by Gasteiger charge is -2.28. The van der Waals surface area contributed by atoms with E-state index in [1.54, 1.807) is 0 Å². The molecule has 1 amide bonds. The Morgan fingerprint density at radius 3 is 2.79 bits per heavy atom. The molecule has 9 heteroatoms. The Bertz CT molecular complexity index is 1130. The standard InChI is InChI=1S/C25H31N5O2S2/c1-3-17-4-9-21-18(14-17)15-22(34-21)24-27-28-25(29(24)2)33-16-23(31)26-19-5-7-20(8-6-19)30-10-12-32-13-11-30/h5-8,15,17H,3-4,9-14,16H2,1-2H3,(H,26,31). The highest BCUT2D eigenvalue weighted by Crippen LogP contribution is 2.38. The third kappa shape index (κ3) is 5.16. The molecule has 1 aliphatic heterocycles. The molecule has 2 aromatic heterocycles. The molecule has 34 heavy (non-hydrogen) atoms. The molecule has 2 aliphatic rings. The number of ether oxygens (including phenoxy) is 1. The van der Waals surface area contributed by atoms with Gasteiger partial charge in [0.1, 0.15) is 0 Å². The van der Waals surface area contributed by atoms with Crippen molar-refractivity contribution in [3.8, 4) is 10.7 Å². The van der Waals surface area contributed by atoms with Gasteiger partial charge in [0, 0.05) is 36.4 Å². The minimum Gasteiger partial charge on any atom is -0.378 e. The number of aromatic nitrogens is 3.